The minimum absolute atomic E-state index is 0.0471. The topological polar surface area (TPSA) is 64.3 Å². The van der Waals surface area contributed by atoms with E-state index >= 15 is 0 Å². The molecule has 0 bridgehead atoms. The zero-order valence-corrected chi connectivity index (χ0v) is 10.6. The van der Waals surface area contributed by atoms with E-state index in [0.717, 1.165) is 6.42 Å². The number of carboxylic acid groups (broad SMARTS) is 1. The summed E-state index contributed by atoms with van der Waals surface area (Å²) in [5.74, 6) is -1.55. The number of aromatic nitrogens is 2. The molecule has 1 N–H and O–H groups in total. The highest BCUT2D eigenvalue weighted by Gasteiger charge is 2.27. The van der Waals surface area contributed by atoms with Crippen LogP contribution < -0.4 is 0 Å². The van der Waals surface area contributed by atoms with Crippen LogP contribution in [0, 0.1) is 5.82 Å². The van der Waals surface area contributed by atoms with Crippen molar-refractivity contribution >= 4 is 5.97 Å². The van der Waals surface area contributed by atoms with Crippen LogP contribution in [-0.2, 0) is 4.74 Å². The highest BCUT2D eigenvalue weighted by atomic mass is 19.1. The Balaban J connectivity index is 2.07. The molecular formula is C14H13FN2O3. The minimum Gasteiger partial charge on any atom is -0.478 e. The fraction of sp³-hybridized carbons (Fsp3) is 0.286. The molecule has 1 fully saturated rings. The second-order valence-electron chi connectivity index (χ2n) is 4.69. The van der Waals surface area contributed by atoms with Crippen molar-refractivity contribution in [1.29, 1.82) is 0 Å². The summed E-state index contributed by atoms with van der Waals surface area (Å²) >= 11 is 0. The Morgan fingerprint density at radius 1 is 1.45 bits per heavy atom. The van der Waals surface area contributed by atoms with Gasteiger partial charge in [-0.2, -0.15) is 5.10 Å². The first-order valence-electron chi connectivity index (χ1n) is 6.32. The molecule has 2 aromatic rings. The standard InChI is InChI=1S/C14H13FN2O3/c15-11-3-1-2-4-12(11)17-7-10(14(18)19)13(16-17)9-5-6-20-8-9/h1-4,7,9H,5-6,8H2,(H,18,19). The number of aromatic carboxylic acids is 1. The van der Waals surface area contributed by atoms with E-state index < -0.39 is 11.8 Å². The zero-order chi connectivity index (χ0) is 14.1. The third-order valence-corrected chi connectivity index (χ3v) is 3.39. The lowest BCUT2D eigenvalue weighted by molar-refractivity contribution is 0.0695. The van der Waals surface area contributed by atoms with Crippen molar-refractivity contribution < 1.29 is 19.0 Å². The summed E-state index contributed by atoms with van der Waals surface area (Å²) in [7, 11) is 0. The summed E-state index contributed by atoms with van der Waals surface area (Å²) in [6, 6.07) is 6.13. The van der Waals surface area contributed by atoms with Crippen LogP contribution in [-0.4, -0.2) is 34.1 Å². The number of halogens is 1. The highest BCUT2D eigenvalue weighted by Crippen LogP contribution is 2.28. The third kappa shape index (κ3) is 2.18. The van der Waals surface area contributed by atoms with Crippen molar-refractivity contribution in [3.63, 3.8) is 0 Å². The monoisotopic (exact) mass is 276 g/mol. The predicted molar refractivity (Wildman–Crippen MR) is 68.7 cm³/mol. The molecule has 1 aromatic carbocycles. The van der Waals surface area contributed by atoms with Gasteiger partial charge in [-0.1, -0.05) is 12.1 Å². The lowest BCUT2D eigenvalue weighted by Gasteiger charge is -2.05. The van der Waals surface area contributed by atoms with Crippen LogP contribution in [0.25, 0.3) is 5.69 Å². The number of hydrogen-bond donors (Lipinski definition) is 1. The molecule has 1 atom stereocenters. The minimum atomic E-state index is -1.06. The number of carboxylic acids is 1. The number of carbonyl (C=O) groups is 1. The van der Waals surface area contributed by atoms with Crippen LogP contribution in [0.1, 0.15) is 28.4 Å². The number of para-hydroxylation sites is 1. The summed E-state index contributed by atoms with van der Waals surface area (Å²) in [6.07, 6.45) is 2.09. The van der Waals surface area contributed by atoms with E-state index in [1.54, 1.807) is 18.2 Å². The van der Waals surface area contributed by atoms with Crippen molar-refractivity contribution in [3.8, 4) is 5.69 Å². The zero-order valence-electron chi connectivity index (χ0n) is 10.6. The van der Waals surface area contributed by atoms with Crippen LogP contribution in [0.2, 0.25) is 0 Å². The van der Waals surface area contributed by atoms with Gasteiger partial charge in [0.2, 0.25) is 0 Å². The van der Waals surface area contributed by atoms with Crippen molar-refractivity contribution in [2.24, 2.45) is 0 Å². The van der Waals surface area contributed by atoms with Gasteiger partial charge in [-0.3, -0.25) is 0 Å². The fourth-order valence-electron chi connectivity index (χ4n) is 2.36. The van der Waals surface area contributed by atoms with Crippen molar-refractivity contribution in [3.05, 3.63) is 47.5 Å². The molecule has 1 aliphatic rings. The molecule has 20 heavy (non-hydrogen) atoms. The number of hydrogen-bond acceptors (Lipinski definition) is 3. The highest BCUT2D eigenvalue weighted by molar-refractivity contribution is 5.89. The van der Waals surface area contributed by atoms with E-state index in [2.05, 4.69) is 5.10 Å². The van der Waals surface area contributed by atoms with E-state index in [1.807, 2.05) is 0 Å². The molecule has 1 saturated heterocycles. The second kappa shape index (κ2) is 5.05. The molecule has 5 nitrogen and oxygen atoms in total. The molecule has 0 radical (unpaired) electrons. The van der Waals surface area contributed by atoms with Gasteiger partial charge >= 0.3 is 5.97 Å². The molecule has 104 valence electrons. The number of rotatable bonds is 3. The lowest BCUT2D eigenvalue weighted by atomic mass is 10.0. The summed E-state index contributed by atoms with van der Waals surface area (Å²) in [4.78, 5) is 11.3. The Morgan fingerprint density at radius 3 is 2.90 bits per heavy atom. The average molecular weight is 276 g/mol. The maximum atomic E-state index is 13.8. The lowest BCUT2D eigenvalue weighted by Crippen LogP contribution is -2.06. The average Bonchev–Trinajstić information content (AvgIpc) is 3.08. The van der Waals surface area contributed by atoms with Gasteiger partial charge in [0, 0.05) is 18.7 Å². The summed E-state index contributed by atoms with van der Waals surface area (Å²) in [5.41, 5.74) is 0.794. The summed E-state index contributed by atoms with van der Waals surface area (Å²) in [6.45, 7) is 1.05. The van der Waals surface area contributed by atoms with Gasteiger partial charge in [0.1, 0.15) is 17.1 Å². The van der Waals surface area contributed by atoms with Crippen LogP contribution in [0.4, 0.5) is 4.39 Å². The largest absolute Gasteiger partial charge is 0.478 e. The van der Waals surface area contributed by atoms with Crippen molar-refractivity contribution in [2.45, 2.75) is 12.3 Å². The van der Waals surface area contributed by atoms with Gasteiger partial charge in [0.05, 0.1) is 12.3 Å². The molecule has 0 saturated carbocycles. The quantitative estimate of drug-likeness (QED) is 0.933. The van der Waals surface area contributed by atoms with Crippen LogP contribution in [0.5, 0.6) is 0 Å². The van der Waals surface area contributed by atoms with E-state index in [0.29, 0.717) is 18.9 Å². The van der Waals surface area contributed by atoms with E-state index in [4.69, 9.17) is 4.74 Å². The maximum Gasteiger partial charge on any atom is 0.339 e. The Hall–Kier alpha value is -2.21. The van der Waals surface area contributed by atoms with Gasteiger partial charge in [-0.25, -0.2) is 13.9 Å². The Morgan fingerprint density at radius 2 is 2.25 bits per heavy atom. The van der Waals surface area contributed by atoms with Gasteiger partial charge in [-0.05, 0) is 18.6 Å². The van der Waals surface area contributed by atoms with Gasteiger partial charge < -0.3 is 9.84 Å². The van der Waals surface area contributed by atoms with Gasteiger partial charge in [0.25, 0.3) is 0 Å². The second-order valence-corrected chi connectivity index (χ2v) is 4.69. The van der Waals surface area contributed by atoms with Crippen LogP contribution in [0.15, 0.2) is 30.5 Å². The smallest absolute Gasteiger partial charge is 0.339 e. The predicted octanol–water partition coefficient (Wildman–Crippen LogP) is 2.21. The molecule has 1 aromatic heterocycles. The summed E-state index contributed by atoms with van der Waals surface area (Å²) < 4.78 is 20.3. The molecule has 1 unspecified atom stereocenters. The third-order valence-electron chi connectivity index (χ3n) is 3.39. The normalized spacial score (nSPS) is 18.4. The van der Waals surface area contributed by atoms with Crippen molar-refractivity contribution in [1.82, 2.24) is 9.78 Å². The fourth-order valence-corrected chi connectivity index (χ4v) is 2.36. The Labute approximate surface area is 114 Å². The SMILES string of the molecule is O=C(O)c1cn(-c2ccccc2F)nc1C1CCOC1. The molecule has 0 spiro atoms. The van der Waals surface area contributed by atoms with Crippen LogP contribution >= 0.6 is 0 Å². The molecule has 3 rings (SSSR count). The Kier molecular flexibility index (Phi) is 3.23. The molecule has 6 heteroatoms. The maximum absolute atomic E-state index is 13.8. The van der Waals surface area contributed by atoms with Gasteiger partial charge in [-0.15, -0.1) is 0 Å². The molecule has 0 aliphatic carbocycles. The molecule has 1 aliphatic heterocycles. The van der Waals surface area contributed by atoms with Crippen LogP contribution in [0.3, 0.4) is 0 Å². The van der Waals surface area contributed by atoms with E-state index in [9.17, 15) is 14.3 Å². The Bertz CT molecular complexity index is 648. The number of nitrogens with zero attached hydrogens (tertiary/aromatic N) is 2. The number of benzene rings is 1. The molecule has 2 heterocycles. The van der Waals surface area contributed by atoms with Gasteiger partial charge in [0.15, 0.2) is 0 Å². The first-order chi connectivity index (χ1) is 9.66. The van der Waals surface area contributed by atoms with E-state index in [-0.39, 0.29) is 17.2 Å². The number of ether oxygens (including phenoxy) is 1. The molecular weight excluding hydrogens is 263 g/mol. The summed E-state index contributed by atoms with van der Waals surface area (Å²) in [5, 5.41) is 13.5. The van der Waals surface area contributed by atoms with Crippen molar-refractivity contribution in [2.75, 3.05) is 13.2 Å². The molecule has 0 amide bonds. The van der Waals surface area contributed by atoms with E-state index in [1.165, 1.54) is 16.9 Å². The first-order valence-corrected chi connectivity index (χ1v) is 6.32. The first kappa shape index (κ1) is 12.8.